The predicted octanol–water partition coefficient (Wildman–Crippen LogP) is 2.84. The summed E-state index contributed by atoms with van der Waals surface area (Å²) in [7, 11) is 1.55. The highest BCUT2D eigenvalue weighted by atomic mass is 35.5. The van der Waals surface area contributed by atoms with E-state index in [0.29, 0.717) is 16.3 Å². The number of carbonyl (C=O) groups excluding carboxylic acids is 1. The Kier molecular flexibility index (Phi) is 4.97. The second-order valence-corrected chi connectivity index (χ2v) is 4.35. The van der Waals surface area contributed by atoms with E-state index in [1.54, 1.807) is 19.2 Å². The van der Waals surface area contributed by atoms with Crippen LogP contribution < -0.4 is 10.1 Å². The third-order valence-electron chi connectivity index (χ3n) is 2.65. The maximum absolute atomic E-state index is 12.2. The lowest BCUT2D eigenvalue weighted by atomic mass is 10.0. The van der Waals surface area contributed by atoms with Gasteiger partial charge in [-0.3, -0.25) is 4.79 Å². The van der Waals surface area contributed by atoms with Crippen molar-refractivity contribution in [3.63, 3.8) is 0 Å². The molecule has 0 radical (unpaired) electrons. The van der Waals surface area contributed by atoms with Crippen molar-refractivity contribution >= 4 is 17.4 Å². The number of Topliss-reactive ketones (excluding diaryl/α,β-unsaturated/α-hetero) is 1. The second kappa shape index (κ2) is 6.03. The first-order valence-electron chi connectivity index (χ1n) is 5.63. The maximum Gasteiger partial charge on any atom is 0.183 e. The third-order valence-corrected chi connectivity index (χ3v) is 3.06. The number of aryl methyl sites for hydroxylation is 1. The van der Waals surface area contributed by atoms with Crippen LogP contribution >= 0.6 is 11.6 Å². The topological polar surface area (TPSA) is 38.3 Å². The van der Waals surface area contributed by atoms with E-state index in [4.69, 9.17) is 16.3 Å². The van der Waals surface area contributed by atoms with Crippen molar-refractivity contribution < 1.29 is 9.53 Å². The summed E-state index contributed by atoms with van der Waals surface area (Å²) in [5.74, 6) is 0.562. The highest BCUT2D eigenvalue weighted by Crippen LogP contribution is 2.27. The van der Waals surface area contributed by atoms with Crippen molar-refractivity contribution in [3.8, 4) is 5.75 Å². The number of ketones is 1. The summed E-state index contributed by atoms with van der Waals surface area (Å²) in [5, 5.41) is 3.66. The highest BCUT2D eigenvalue weighted by Gasteiger charge is 2.19. The van der Waals surface area contributed by atoms with Crippen LogP contribution in [0.2, 0.25) is 5.02 Å². The molecule has 0 amide bonds. The van der Waals surface area contributed by atoms with Crippen LogP contribution in [0.5, 0.6) is 5.75 Å². The van der Waals surface area contributed by atoms with Gasteiger partial charge < -0.3 is 10.1 Å². The van der Waals surface area contributed by atoms with Crippen molar-refractivity contribution in [1.82, 2.24) is 5.32 Å². The fraction of sp³-hybridized carbons (Fsp3) is 0.462. The van der Waals surface area contributed by atoms with Gasteiger partial charge in [-0.25, -0.2) is 0 Å². The van der Waals surface area contributed by atoms with Crippen LogP contribution in [0.3, 0.4) is 0 Å². The lowest BCUT2D eigenvalue weighted by molar-refractivity contribution is 0.0949. The van der Waals surface area contributed by atoms with Crippen molar-refractivity contribution in [2.45, 2.75) is 26.8 Å². The molecule has 1 rings (SSSR count). The average Bonchev–Trinajstić information content (AvgIpc) is 2.31. The summed E-state index contributed by atoms with van der Waals surface area (Å²) in [4.78, 5) is 12.2. The molecule has 3 nitrogen and oxygen atoms in total. The predicted molar refractivity (Wildman–Crippen MR) is 70.2 cm³/mol. The Bertz CT molecular complexity index is 418. The summed E-state index contributed by atoms with van der Waals surface area (Å²) in [5.41, 5.74) is 1.42. The number of benzene rings is 1. The Morgan fingerprint density at radius 2 is 2.18 bits per heavy atom. The molecule has 94 valence electrons. The summed E-state index contributed by atoms with van der Waals surface area (Å²) in [6.45, 7) is 6.42. The van der Waals surface area contributed by atoms with E-state index < -0.39 is 0 Å². The van der Waals surface area contributed by atoms with Gasteiger partial charge in [-0.2, -0.15) is 0 Å². The van der Waals surface area contributed by atoms with Crippen LogP contribution in [-0.4, -0.2) is 25.5 Å². The fourth-order valence-corrected chi connectivity index (χ4v) is 1.81. The number of likely N-dealkylation sites (N-methyl/N-ethyl adjacent to an activating group) is 1. The Morgan fingerprint density at radius 1 is 1.53 bits per heavy atom. The minimum Gasteiger partial charge on any atom is -0.496 e. The van der Waals surface area contributed by atoms with E-state index in [9.17, 15) is 4.79 Å². The van der Waals surface area contributed by atoms with Crippen molar-refractivity contribution in [2.75, 3.05) is 13.7 Å². The van der Waals surface area contributed by atoms with Gasteiger partial charge in [0.25, 0.3) is 0 Å². The molecule has 0 aliphatic carbocycles. The lowest BCUT2D eigenvalue weighted by Crippen LogP contribution is -2.33. The highest BCUT2D eigenvalue weighted by molar-refractivity contribution is 6.31. The molecule has 0 saturated carbocycles. The van der Waals surface area contributed by atoms with Gasteiger partial charge in [0.05, 0.1) is 18.7 Å². The molecule has 0 heterocycles. The van der Waals surface area contributed by atoms with Crippen LogP contribution in [0.4, 0.5) is 0 Å². The summed E-state index contributed by atoms with van der Waals surface area (Å²) in [6, 6.07) is 3.22. The first kappa shape index (κ1) is 14.0. The Balaban J connectivity index is 3.12. The van der Waals surface area contributed by atoms with Crippen LogP contribution in [0.25, 0.3) is 0 Å². The van der Waals surface area contributed by atoms with Crippen LogP contribution in [0.1, 0.15) is 29.8 Å². The number of halogens is 1. The summed E-state index contributed by atoms with van der Waals surface area (Å²) < 4.78 is 5.22. The minimum absolute atomic E-state index is 0.00870. The molecule has 0 saturated heterocycles. The second-order valence-electron chi connectivity index (χ2n) is 3.95. The minimum atomic E-state index is -0.243. The Morgan fingerprint density at radius 3 is 2.71 bits per heavy atom. The zero-order valence-electron chi connectivity index (χ0n) is 10.6. The van der Waals surface area contributed by atoms with Gasteiger partial charge in [-0.15, -0.1) is 0 Å². The molecule has 1 atom stereocenters. The number of methoxy groups -OCH3 is 1. The molecule has 4 heteroatoms. The molecule has 1 unspecified atom stereocenters. The van der Waals surface area contributed by atoms with E-state index in [1.807, 2.05) is 20.8 Å². The molecule has 1 aromatic rings. The van der Waals surface area contributed by atoms with Gasteiger partial charge >= 0.3 is 0 Å². The fourth-order valence-electron chi connectivity index (χ4n) is 1.65. The average molecular weight is 256 g/mol. The molecule has 0 aromatic heterocycles. The number of hydrogen-bond acceptors (Lipinski definition) is 3. The molecule has 1 aromatic carbocycles. The SMILES string of the molecule is CCNC(C)C(=O)c1cc(Cl)c(C)cc1OC. The van der Waals surface area contributed by atoms with Gasteiger partial charge in [0.15, 0.2) is 5.78 Å². The van der Waals surface area contributed by atoms with Gasteiger partial charge in [0, 0.05) is 5.02 Å². The molecular weight excluding hydrogens is 238 g/mol. The zero-order valence-corrected chi connectivity index (χ0v) is 11.4. The zero-order chi connectivity index (χ0) is 13.0. The monoisotopic (exact) mass is 255 g/mol. The number of ether oxygens (including phenoxy) is 1. The van der Waals surface area contributed by atoms with Gasteiger partial charge in [0.1, 0.15) is 5.75 Å². The number of rotatable bonds is 5. The van der Waals surface area contributed by atoms with Crippen LogP contribution in [0, 0.1) is 6.92 Å². The standard InChI is InChI=1S/C13H18ClNO2/c1-5-15-9(3)13(16)10-7-11(14)8(2)6-12(10)17-4/h6-7,9,15H,5H2,1-4H3. The van der Waals surface area contributed by atoms with Crippen molar-refractivity contribution in [3.05, 3.63) is 28.3 Å². The molecule has 0 bridgehead atoms. The van der Waals surface area contributed by atoms with Crippen LogP contribution in [0.15, 0.2) is 12.1 Å². The maximum atomic E-state index is 12.2. The van der Waals surface area contributed by atoms with Crippen molar-refractivity contribution in [2.24, 2.45) is 0 Å². The molecule has 0 fully saturated rings. The van der Waals surface area contributed by atoms with E-state index in [1.165, 1.54) is 0 Å². The summed E-state index contributed by atoms with van der Waals surface area (Å²) >= 11 is 6.04. The number of carbonyl (C=O) groups is 1. The molecule has 1 N–H and O–H groups in total. The quantitative estimate of drug-likeness (QED) is 0.823. The van der Waals surface area contributed by atoms with E-state index in [2.05, 4.69) is 5.32 Å². The largest absolute Gasteiger partial charge is 0.496 e. The van der Waals surface area contributed by atoms with Gasteiger partial charge in [-0.1, -0.05) is 18.5 Å². The molecule has 17 heavy (non-hydrogen) atoms. The molecule has 0 spiro atoms. The lowest BCUT2D eigenvalue weighted by Gasteiger charge is -2.15. The molecular formula is C13H18ClNO2. The number of nitrogens with one attached hydrogen (secondary N) is 1. The molecule has 0 aliphatic heterocycles. The number of hydrogen-bond donors (Lipinski definition) is 1. The van der Waals surface area contributed by atoms with E-state index >= 15 is 0 Å². The normalized spacial score (nSPS) is 12.3. The van der Waals surface area contributed by atoms with Gasteiger partial charge in [-0.05, 0) is 38.1 Å². The molecule has 0 aliphatic rings. The smallest absolute Gasteiger partial charge is 0.183 e. The van der Waals surface area contributed by atoms with Crippen molar-refractivity contribution in [1.29, 1.82) is 0 Å². The van der Waals surface area contributed by atoms with Crippen LogP contribution in [-0.2, 0) is 0 Å². The first-order valence-corrected chi connectivity index (χ1v) is 6.00. The van der Waals surface area contributed by atoms with E-state index in [-0.39, 0.29) is 11.8 Å². The third kappa shape index (κ3) is 3.20. The Labute approximate surface area is 107 Å². The summed E-state index contributed by atoms with van der Waals surface area (Å²) in [6.07, 6.45) is 0. The van der Waals surface area contributed by atoms with E-state index in [0.717, 1.165) is 12.1 Å². The first-order chi connectivity index (χ1) is 8.01. The van der Waals surface area contributed by atoms with Gasteiger partial charge in [0.2, 0.25) is 0 Å². The Hall–Kier alpha value is -1.06.